The Morgan fingerprint density at radius 1 is 1.14 bits per heavy atom. The van der Waals surface area contributed by atoms with Crippen LogP contribution in [0.15, 0.2) is 36.4 Å². The van der Waals surface area contributed by atoms with Gasteiger partial charge in [0.25, 0.3) is 0 Å². The number of carbonyl (C=O) groups excluding carboxylic acids is 2. The maximum atomic E-state index is 14.2. The van der Waals surface area contributed by atoms with Crippen LogP contribution in [0.2, 0.25) is 10.0 Å². The fourth-order valence-electron chi connectivity index (χ4n) is 3.44. The maximum Gasteiger partial charge on any atom is 0.312 e. The minimum atomic E-state index is -0.748. The maximum absolute atomic E-state index is 14.2. The van der Waals surface area contributed by atoms with Gasteiger partial charge in [0, 0.05) is 35.7 Å². The number of rotatable bonds is 3. The minimum Gasteiger partial charge on any atom is -0.333 e. The lowest BCUT2D eigenvalue weighted by molar-refractivity contribution is -0.152. The van der Waals surface area contributed by atoms with Crippen LogP contribution in [0.25, 0.3) is 0 Å². The molecule has 0 aliphatic carbocycles. The van der Waals surface area contributed by atoms with E-state index in [0.29, 0.717) is 35.0 Å². The largest absolute Gasteiger partial charge is 0.333 e. The average molecular weight is 427 g/mol. The second kappa shape index (κ2) is 8.45. The number of halogens is 4. The SMILES string of the molecule is CN(Cc1cc(Cl)cc(Cl)c1)C(=O)C(=O)N1CCCC1c1cc(F)ccc1F. The Morgan fingerprint density at radius 3 is 2.50 bits per heavy atom. The van der Waals surface area contributed by atoms with Crippen LogP contribution in [0.4, 0.5) is 8.78 Å². The molecule has 1 aliphatic rings. The number of hydrogen-bond acceptors (Lipinski definition) is 2. The van der Waals surface area contributed by atoms with Crippen molar-refractivity contribution in [2.24, 2.45) is 0 Å². The van der Waals surface area contributed by atoms with Gasteiger partial charge >= 0.3 is 11.8 Å². The van der Waals surface area contributed by atoms with E-state index < -0.39 is 29.5 Å². The molecule has 0 aromatic heterocycles. The molecule has 1 saturated heterocycles. The van der Waals surface area contributed by atoms with Crippen LogP contribution in [-0.4, -0.2) is 35.2 Å². The average Bonchev–Trinajstić information content (AvgIpc) is 3.11. The van der Waals surface area contributed by atoms with Gasteiger partial charge < -0.3 is 9.80 Å². The summed E-state index contributed by atoms with van der Waals surface area (Å²) >= 11 is 11.9. The van der Waals surface area contributed by atoms with E-state index in [1.54, 1.807) is 18.2 Å². The first kappa shape index (κ1) is 20.6. The molecule has 0 spiro atoms. The molecule has 0 bridgehead atoms. The Morgan fingerprint density at radius 2 is 1.82 bits per heavy atom. The van der Waals surface area contributed by atoms with E-state index in [1.165, 1.54) is 16.8 Å². The fourth-order valence-corrected chi connectivity index (χ4v) is 4.01. The lowest BCUT2D eigenvalue weighted by Gasteiger charge is -2.27. The number of amides is 2. The molecular weight excluding hydrogens is 409 g/mol. The summed E-state index contributed by atoms with van der Waals surface area (Å²) in [6.45, 7) is 0.444. The van der Waals surface area contributed by atoms with Crippen molar-refractivity contribution >= 4 is 35.0 Å². The second-order valence-electron chi connectivity index (χ2n) is 6.76. The highest BCUT2D eigenvalue weighted by Crippen LogP contribution is 2.34. The highest BCUT2D eigenvalue weighted by atomic mass is 35.5. The molecule has 1 unspecified atom stereocenters. The summed E-state index contributed by atoms with van der Waals surface area (Å²) in [5, 5.41) is 0.853. The molecule has 28 heavy (non-hydrogen) atoms. The molecule has 148 valence electrons. The van der Waals surface area contributed by atoms with Crippen LogP contribution in [0, 0.1) is 11.6 Å². The van der Waals surface area contributed by atoms with Crippen LogP contribution >= 0.6 is 23.2 Å². The molecule has 1 fully saturated rings. The van der Waals surface area contributed by atoms with E-state index in [4.69, 9.17) is 23.2 Å². The van der Waals surface area contributed by atoms with Crippen LogP contribution in [-0.2, 0) is 16.1 Å². The van der Waals surface area contributed by atoms with Crippen molar-refractivity contribution in [2.45, 2.75) is 25.4 Å². The number of benzene rings is 2. The lowest BCUT2D eigenvalue weighted by Crippen LogP contribution is -2.43. The first-order valence-electron chi connectivity index (χ1n) is 8.72. The standard InChI is InChI=1S/C20H18Cl2F2N2O2/c1-25(11-12-7-13(21)9-14(22)8-12)19(27)20(28)26-6-2-3-18(26)16-10-15(23)4-5-17(16)24/h4-5,7-10,18H,2-3,6,11H2,1H3. The molecule has 2 aromatic carbocycles. The summed E-state index contributed by atoms with van der Waals surface area (Å²) in [6, 6.07) is 7.35. The zero-order chi connectivity index (χ0) is 20.4. The zero-order valence-electron chi connectivity index (χ0n) is 15.1. The van der Waals surface area contributed by atoms with Gasteiger partial charge in [0.05, 0.1) is 6.04 Å². The number of likely N-dealkylation sites (tertiary alicyclic amines) is 1. The Bertz CT molecular complexity index is 903. The van der Waals surface area contributed by atoms with Crippen LogP contribution < -0.4 is 0 Å². The molecule has 0 radical (unpaired) electrons. The smallest absolute Gasteiger partial charge is 0.312 e. The third-order valence-electron chi connectivity index (χ3n) is 4.70. The molecule has 1 atom stereocenters. The summed E-state index contributed by atoms with van der Waals surface area (Å²) in [7, 11) is 1.49. The molecule has 8 heteroatoms. The predicted octanol–water partition coefficient (Wildman–Crippen LogP) is 4.59. The van der Waals surface area contributed by atoms with Crippen molar-refractivity contribution in [1.82, 2.24) is 9.80 Å². The van der Waals surface area contributed by atoms with E-state index in [-0.39, 0.29) is 12.1 Å². The predicted molar refractivity (Wildman–Crippen MR) is 103 cm³/mol. The number of likely N-dealkylation sites (N-methyl/N-ethyl adjacent to an activating group) is 1. The minimum absolute atomic E-state index is 0.0860. The van der Waals surface area contributed by atoms with Gasteiger partial charge in [-0.1, -0.05) is 23.2 Å². The van der Waals surface area contributed by atoms with Crippen molar-refractivity contribution in [3.8, 4) is 0 Å². The quantitative estimate of drug-likeness (QED) is 0.673. The number of nitrogens with zero attached hydrogens (tertiary/aromatic N) is 2. The Kier molecular flexibility index (Phi) is 6.20. The molecular formula is C20H18Cl2F2N2O2. The van der Waals surface area contributed by atoms with E-state index >= 15 is 0 Å². The highest BCUT2D eigenvalue weighted by molar-refractivity contribution is 6.35. The fraction of sp³-hybridized carbons (Fsp3) is 0.300. The van der Waals surface area contributed by atoms with Gasteiger partial charge in [-0.2, -0.15) is 0 Å². The monoisotopic (exact) mass is 426 g/mol. The summed E-state index contributed by atoms with van der Waals surface area (Å²) in [4.78, 5) is 27.9. The van der Waals surface area contributed by atoms with Crippen LogP contribution in [0.3, 0.4) is 0 Å². The number of carbonyl (C=O) groups is 2. The zero-order valence-corrected chi connectivity index (χ0v) is 16.6. The third-order valence-corrected chi connectivity index (χ3v) is 5.14. The second-order valence-corrected chi connectivity index (χ2v) is 7.63. The van der Waals surface area contributed by atoms with Gasteiger partial charge in [-0.3, -0.25) is 9.59 Å². The summed E-state index contributed by atoms with van der Waals surface area (Å²) < 4.78 is 27.7. The van der Waals surface area contributed by atoms with Crippen LogP contribution in [0.5, 0.6) is 0 Å². The Hall–Kier alpha value is -2.18. The van der Waals surface area contributed by atoms with Gasteiger partial charge in [0.15, 0.2) is 0 Å². The van der Waals surface area contributed by atoms with E-state index in [2.05, 4.69) is 0 Å². The van der Waals surface area contributed by atoms with Crippen LogP contribution in [0.1, 0.15) is 30.0 Å². The van der Waals surface area contributed by atoms with Crippen molar-refractivity contribution in [2.75, 3.05) is 13.6 Å². The van der Waals surface area contributed by atoms with Gasteiger partial charge in [0.1, 0.15) is 11.6 Å². The molecule has 1 aliphatic heterocycles. The first-order chi connectivity index (χ1) is 13.3. The van der Waals surface area contributed by atoms with E-state index in [1.807, 2.05) is 0 Å². The summed E-state index contributed by atoms with van der Waals surface area (Å²) in [6.07, 6.45) is 1.07. The molecule has 1 heterocycles. The van der Waals surface area contributed by atoms with Crippen molar-refractivity contribution < 1.29 is 18.4 Å². The summed E-state index contributed by atoms with van der Waals surface area (Å²) in [5.41, 5.74) is 0.762. The normalized spacial score (nSPS) is 16.3. The van der Waals surface area contributed by atoms with Gasteiger partial charge in [-0.15, -0.1) is 0 Å². The van der Waals surface area contributed by atoms with E-state index in [9.17, 15) is 18.4 Å². The highest BCUT2D eigenvalue weighted by Gasteiger charge is 2.36. The molecule has 2 aromatic rings. The molecule has 4 nitrogen and oxygen atoms in total. The lowest BCUT2D eigenvalue weighted by atomic mass is 10.0. The first-order valence-corrected chi connectivity index (χ1v) is 9.48. The topological polar surface area (TPSA) is 40.6 Å². The van der Waals surface area contributed by atoms with Gasteiger partial charge in [-0.05, 0) is 54.8 Å². The Labute approximate surface area is 171 Å². The third kappa shape index (κ3) is 4.45. The van der Waals surface area contributed by atoms with Crippen molar-refractivity contribution in [3.63, 3.8) is 0 Å². The number of hydrogen-bond donors (Lipinski definition) is 0. The molecule has 2 amide bonds. The van der Waals surface area contributed by atoms with Gasteiger partial charge in [0.2, 0.25) is 0 Å². The van der Waals surface area contributed by atoms with Gasteiger partial charge in [-0.25, -0.2) is 8.78 Å². The molecule has 0 saturated carbocycles. The van der Waals surface area contributed by atoms with Crippen molar-refractivity contribution in [1.29, 1.82) is 0 Å². The molecule has 0 N–H and O–H groups in total. The van der Waals surface area contributed by atoms with E-state index in [0.717, 1.165) is 18.2 Å². The van der Waals surface area contributed by atoms with Crippen molar-refractivity contribution in [3.05, 3.63) is 69.2 Å². The molecule has 3 rings (SSSR count). The Balaban J connectivity index is 1.76. The summed E-state index contributed by atoms with van der Waals surface area (Å²) in [5.74, 6) is -2.67.